The lowest BCUT2D eigenvalue weighted by molar-refractivity contribution is 0.206. The fourth-order valence-electron chi connectivity index (χ4n) is 1.12. The fourth-order valence-corrected chi connectivity index (χ4v) is 1.12. The van der Waals surface area contributed by atoms with Gasteiger partial charge in [-0.3, -0.25) is 0 Å². The van der Waals surface area contributed by atoms with Crippen molar-refractivity contribution in [3.05, 3.63) is 0 Å². The van der Waals surface area contributed by atoms with E-state index in [1.807, 2.05) is 0 Å². The molecular formula is C10H24N2O. The molecule has 0 heterocycles. The summed E-state index contributed by atoms with van der Waals surface area (Å²) in [6, 6.07) is 0. The first-order valence-corrected chi connectivity index (χ1v) is 4.94. The van der Waals surface area contributed by atoms with Crippen molar-refractivity contribution in [2.75, 3.05) is 40.3 Å². The number of nitrogens with zero attached hydrogens (tertiary/aromatic N) is 1. The van der Waals surface area contributed by atoms with E-state index >= 15 is 0 Å². The lowest BCUT2D eigenvalue weighted by Crippen LogP contribution is -2.34. The summed E-state index contributed by atoms with van der Waals surface area (Å²) < 4.78 is 0. The molecule has 3 heteroatoms. The van der Waals surface area contributed by atoms with Crippen molar-refractivity contribution in [1.82, 2.24) is 10.2 Å². The highest BCUT2D eigenvalue weighted by molar-refractivity contribution is 4.71. The van der Waals surface area contributed by atoms with Crippen LogP contribution in [-0.2, 0) is 0 Å². The predicted molar refractivity (Wildman–Crippen MR) is 56.9 cm³/mol. The summed E-state index contributed by atoms with van der Waals surface area (Å²) in [6.45, 7) is 7.68. The van der Waals surface area contributed by atoms with Crippen LogP contribution in [0.15, 0.2) is 0 Å². The molecule has 0 unspecified atom stereocenters. The van der Waals surface area contributed by atoms with Crippen LogP contribution in [0.4, 0.5) is 0 Å². The Morgan fingerprint density at radius 1 is 1.31 bits per heavy atom. The van der Waals surface area contributed by atoms with Crippen molar-refractivity contribution in [2.24, 2.45) is 5.41 Å². The van der Waals surface area contributed by atoms with Crippen LogP contribution in [0, 0.1) is 5.41 Å². The molecule has 0 aliphatic rings. The van der Waals surface area contributed by atoms with Gasteiger partial charge in [0.05, 0.1) is 0 Å². The highest BCUT2D eigenvalue weighted by Crippen LogP contribution is 2.17. The molecular weight excluding hydrogens is 164 g/mol. The number of rotatable bonds is 7. The maximum absolute atomic E-state index is 8.81. The fraction of sp³-hybridized carbons (Fsp3) is 1.00. The molecule has 3 nitrogen and oxygen atoms in total. The van der Waals surface area contributed by atoms with Gasteiger partial charge in [-0.15, -0.1) is 0 Å². The summed E-state index contributed by atoms with van der Waals surface area (Å²) in [4.78, 5) is 2.16. The Morgan fingerprint density at radius 3 is 2.38 bits per heavy atom. The molecule has 0 bridgehead atoms. The minimum atomic E-state index is 0.209. The first-order chi connectivity index (χ1) is 5.98. The molecule has 0 aliphatic heterocycles. The molecule has 0 amide bonds. The first-order valence-electron chi connectivity index (χ1n) is 4.94. The third kappa shape index (κ3) is 8.22. The van der Waals surface area contributed by atoms with Crippen LogP contribution < -0.4 is 5.32 Å². The van der Waals surface area contributed by atoms with E-state index < -0.39 is 0 Å². The second-order valence-corrected chi connectivity index (χ2v) is 4.62. The van der Waals surface area contributed by atoms with Gasteiger partial charge in [0, 0.05) is 26.2 Å². The van der Waals surface area contributed by atoms with Gasteiger partial charge in [-0.25, -0.2) is 0 Å². The summed E-state index contributed by atoms with van der Waals surface area (Å²) in [5, 5.41) is 12.2. The highest BCUT2D eigenvalue weighted by Gasteiger charge is 2.15. The van der Waals surface area contributed by atoms with E-state index in [1.54, 1.807) is 0 Å². The van der Waals surface area contributed by atoms with Gasteiger partial charge >= 0.3 is 0 Å². The summed E-state index contributed by atoms with van der Waals surface area (Å²) in [7, 11) is 4.14. The monoisotopic (exact) mass is 188 g/mol. The first kappa shape index (κ1) is 12.9. The predicted octanol–water partition coefficient (Wildman–Crippen LogP) is 0.546. The third-order valence-corrected chi connectivity index (χ3v) is 2.13. The van der Waals surface area contributed by atoms with Gasteiger partial charge in [-0.1, -0.05) is 13.8 Å². The van der Waals surface area contributed by atoms with Crippen LogP contribution in [-0.4, -0.2) is 50.3 Å². The van der Waals surface area contributed by atoms with Crippen molar-refractivity contribution in [3.8, 4) is 0 Å². The average Bonchev–Trinajstić information content (AvgIpc) is 1.98. The molecule has 0 aliphatic carbocycles. The standard InChI is InChI=1S/C10H24N2O/c1-10(2,5-8-13)9-11-6-7-12(3)4/h11,13H,5-9H2,1-4H3. The number of aliphatic hydroxyl groups excluding tert-OH is 1. The van der Waals surface area contributed by atoms with Crippen LogP contribution in [0.3, 0.4) is 0 Å². The van der Waals surface area contributed by atoms with E-state index in [-0.39, 0.29) is 12.0 Å². The zero-order chi connectivity index (χ0) is 10.3. The van der Waals surface area contributed by atoms with Gasteiger partial charge in [0.25, 0.3) is 0 Å². The Hall–Kier alpha value is -0.120. The lowest BCUT2D eigenvalue weighted by atomic mass is 9.90. The summed E-state index contributed by atoms with van der Waals surface area (Å²) in [6.07, 6.45) is 0.863. The molecule has 13 heavy (non-hydrogen) atoms. The van der Waals surface area contributed by atoms with Gasteiger partial charge < -0.3 is 15.3 Å². The van der Waals surface area contributed by atoms with Gasteiger partial charge in [0.15, 0.2) is 0 Å². The maximum Gasteiger partial charge on any atom is 0.0436 e. The number of likely N-dealkylation sites (N-methyl/N-ethyl adjacent to an activating group) is 1. The zero-order valence-corrected chi connectivity index (χ0v) is 9.43. The summed E-state index contributed by atoms with van der Waals surface area (Å²) in [5.41, 5.74) is 0.209. The van der Waals surface area contributed by atoms with Crippen LogP contribution in [0.1, 0.15) is 20.3 Å². The molecule has 0 atom stereocenters. The van der Waals surface area contributed by atoms with Crippen LogP contribution in [0.2, 0.25) is 0 Å². The smallest absolute Gasteiger partial charge is 0.0436 e. The minimum absolute atomic E-state index is 0.209. The van der Waals surface area contributed by atoms with Crippen molar-refractivity contribution < 1.29 is 5.11 Å². The molecule has 0 aromatic carbocycles. The van der Waals surface area contributed by atoms with Crippen molar-refractivity contribution >= 4 is 0 Å². The Balaban J connectivity index is 3.40. The highest BCUT2D eigenvalue weighted by atomic mass is 16.3. The van der Waals surface area contributed by atoms with Gasteiger partial charge in [-0.2, -0.15) is 0 Å². The number of aliphatic hydroxyl groups is 1. The van der Waals surface area contributed by atoms with E-state index in [4.69, 9.17) is 5.11 Å². The van der Waals surface area contributed by atoms with Crippen molar-refractivity contribution in [3.63, 3.8) is 0 Å². The lowest BCUT2D eigenvalue weighted by Gasteiger charge is -2.24. The van der Waals surface area contributed by atoms with Crippen LogP contribution in [0.25, 0.3) is 0 Å². The molecule has 0 saturated carbocycles. The molecule has 0 radical (unpaired) electrons. The second-order valence-electron chi connectivity index (χ2n) is 4.62. The molecule has 0 aromatic rings. The molecule has 0 saturated heterocycles. The zero-order valence-electron chi connectivity index (χ0n) is 9.43. The minimum Gasteiger partial charge on any atom is -0.396 e. The van der Waals surface area contributed by atoms with Gasteiger partial charge in [0.2, 0.25) is 0 Å². The third-order valence-electron chi connectivity index (χ3n) is 2.13. The van der Waals surface area contributed by atoms with Gasteiger partial charge in [-0.05, 0) is 25.9 Å². The van der Waals surface area contributed by atoms with E-state index in [0.29, 0.717) is 0 Å². The van der Waals surface area contributed by atoms with E-state index in [2.05, 4.69) is 38.2 Å². The van der Waals surface area contributed by atoms with Crippen molar-refractivity contribution in [1.29, 1.82) is 0 Å². The van der Waals surface area contributed by atoms with E-state index in [9.17, 15) is 0 Å². The quantitative estimate of drug-likeness (QED) is 0.573. The maximum atomic E-state index is 8.81. The summed E-state index contributed by atoms with van der Waals surface area (Å²) in [5.74, 6) is 0. The molecule has 80 valence electrons. The largest absolute Gasteiger partial charge is 0.396 e. The van der Waals surface area contributed by atoms with Gasteiger partial charge in [0.1, 0.15) is 0 Å². The van der Waals surface area contributed by atoms with E-state index in [0.717, 1.165) is 26.1 Å². The molecule has 0 rings (SSSR count). The Bertz CT molecular complexity index is 124. The SMILES string of the molecule is CN(C)CCNCC(C)(C)CCO. The Labute approximate surface area is 82.1 Å². The normalized spacial score (nSPS) is 12.5. The molecule has 0 aromatic heterocycles. The molecule has 0 spiro atoms. The number of hydrogen-bond donors (Lipinski definition) is 2. The second kappa shape index (κ2) is 6.35. The topological polar surface area (TPSA) is 35.5 Å². The van der Waals surface area contributed by atoms with E-state index in [1.165, 1.54) is 0 Å². The Kier molecular flexibility index (Phi) is 6.29. The van der Waals surface area contributed by atoms with Crippen LogP contribution in [0.5, 0.6) is 0 Å². The van der Waals surface area contributed by atoms with Crippen molar-refractivity contribution in [2.45, 2.75) is 20.3 Å². The van der Waals surface area contributed by atoms with Crippen LogP contribution >= 0.6 is 0 Å². The molecule has 0 fully saturated rings. The summed E-state index contributed by atoms with van der Waals surface area (Å²) >= 11 is 0. The number of nitrogens with one attached hydrogen (secondary N) is 1. The number of hydrogen-bond acceptors (Lipinski definition) is 3. The average molecular weight is 188 g/mol. The molecule has 2 N–H and O–H groups in total. The Morgan fingerprint density at radius 2 is 1.92 bits per heavy atom.